The molecule has 5 heteroatoms. The normalized spacial score (nSPS) is 16.3. The topological polar surface area (TPSA) is 39.0 Å². The Hall–Kier alpha value is -5.16. The van der Waals surface area contributed by atoms with Crippen LogP contribution in [-0.2, 0) is 10.8 Å². The lowest BCUT2D eigenvalue weighted by atomic mass is 9.82. The van der Waals surface area contributed by atoms with Gasteiger partial charge in [0.05, 0.1) is 33.1 Å². The smallest absolute Gasteiger partial charge is 0.223 e. The molecule has 0 atom stereocenters. The third-order valence-corrected chi connectivity index (χ3v) is 10.8. The first-order chi connectivity index (χ1) is 20.9. The van der Waals surface area contributed by atoms with Gasteiger partial charge in [0.1, 0.15) is 5.52 Å². The molecule has 0 saturated heterocycles. The lowest BCUT2D eigenvalue weighted by Gasteiger charge is -2.22. The van der Waals surface area contributed by atoms with Crippen LogP contribution in [0.5, 0.6) is 0 Å². The number of aromatic nitrogens is 5. The number of benzene rings is 5. The van der Waals surface area contributed by atoms with E-state index in [1.54, 1.807) is 0 Å². The molecule has 0 spiro atoms. The zero-order valence-corrected chi connectivity index (χ0v) is 24.4. The molecule has 4 aromatic heterocycles. The van der Waals surface area contributed by atoms with Gasteiger partial charge in [0.2, 0.25) is 11.6 Å². The van der Waals surface area contributed by atoms with Gasteiger partial charge in [0, 0.05) is 16.4 Å². The minimum absolute atomic E-state index is 0.0659. The molecule has 0 fully saturated rings. The minimum atomic E-state index is -0.133. The number of fused-ring (bicyclic) bond motifs is 18. The van der Waals surface area contributed by atoms with Gasteiger partial charge in [0.15, 0.2) is 0 Å². The van der Waals surface area contributed by atoms with Crippen LogP contribution in [0.25, 0.3) is 72.4 Å². The number of hydrogen-bond donors (Lipinski definition) is 0. The number of rotatable bonds is 0. The fraction of sp³-hybridized carbons (Fsp3) is 0.158. The Bertz CT molecular complexity index is 2730. The van der Waals surface area contributed by atoms with Crippen molar-refractivity contribution in [3.63, 3.8) is 0 Å². The van der Waals surface area contributed by atoms with Crippen LogP contribution in [0.3, 0.4) is 0 Å². The Morgan fingerprint density at radius 3 is 1.81 bits per heavy atom. The highest BCUT2D eigenvalue weighted by Crippen LogP contribution is 2.53. The van der Waals surface area contributed by atoms with E-state index in [-0.39, 0.29) is 10.8 Å². The monoisotopic (exact) mass is 553 g/mol. The number of hydrogen-bond acceptors (Lipinski definition) is 2. The van der Waals surface area contributed by atoms with Crippen LogP contribution in [0.1, 0.15) is 49.9 Å². The van der Waals surface area contributed by atoms with Crippen LogP contribution in [0.4, 0.5) is 0 Å². The number of para-hydroxylation sites is 1. The maximum absolute atomic E-state index is 5.34. The third kappa shape index (κ3) is 2.25. The predicted octanol–water partition coefficient (Wildman–Crippen LogP) is 8.74. The van der Waals surface area contributed by atoms with Crippen molar-refractivity contribution in [3.05, 3.63) is 113 Å². The second-order valence-corrected chi connectivity index (χ2v) is 13.5. The van der Waals surface area contributed by atoms with E-state index in [9.17, 15) is 0 Å². The fourth-order valence-electron chi connectivity index (χ4n) is 8.90. The Labute approximate surface area is 247 Å². The second kappa shape index (κ2) is 6.73. The summed E-state index contributed by atoms with van der Waals surface area (Å²) in [5.74, 6) is 1.84. The zero-order valence-electron chi connectivity index (χ0n) is 24.4. The van der Waals surface area contributed by atoms with Gasteiger partial charge < -0.3 is 0 Å². The molecule has 0 bridgehead atoms. The first-order valence-corrected chi connectivity index (χ1v) is 15.1. The summed E-state index contributed by atoms with van der Waals surface area (Å²) in [5.41, 5.74) is 18.5. The fourth-order valence-corrected chi connectivity index (χ4v) is 8.90. The first-order valence-electron chi connectivity index (χ1n) is 15.1. The lowest BCUT2D eigenvalue weighted by molar-refractivity contribution is 0.661. The van der Waals surface area contributed by atoms with Gasteiger partial charge in [-0.25, -0.2) is 14.4 Å². The van der Waals surface area contributed by atoms with Crippen LogP contribution in [-0.4, -0.2) is 23.2 Å². The van der Waals surface area contributed by atoms with Gasteiger partial charge in [-0.3, -0.25) is 8.80 Å². The molecule has 2 aliphatic rings. The zero-order chi connectivity index (χ0) is 28.6. The van der Waals surface area contributed by atoms with E-state index >= 15 is 0 Å². The Balaban J connectivity index is 1.34. The van der Waals surface area contributed by atoms with Crippen molar-refractivity contribution in [2.24, 2.45) is 0 Å². The largest absolute Gasteiger partial charge is 0.275 e. The molecule has 2 aliphatic carbocycles. The summed E-state index contributed by atoms with van der Waals surface area (Å²) >= 11 is 0. The van der Waals surface area contributed by atoms with E-state index in [1.807, 2.05) is 0 Å². The Morgan fingerprint density at radius 2 is 1.07 bits per heavy atom. The van der Waals surface area contributed by atoms with Crippen LogP contribution >= 0.6 is 0 Å². The third-order valence-electron chi connectivity index (χ3n) is 10.8. The molecule has 0 saturated carbocycles. The summed E-state index contributed by atoms with van der Waals surface area (Å²) in [4.78, 5) is 10.7. The maximum atomic E-state index is 5.34. The minimum Gasteiger partial charge on any atom is -0.275 e. The molecule has 204 valence electrons. The van der Waals surface area contributed by atoms with Crippen molar-refractivity contribution < 1.29 is 0 Å². The molecular formula is C38H27N5. The van der Waals surface area contributed by atoms with E-state index in [2.05, 4.69) is 132 Å². The van der Waals surface area contributed by atoms with Crippen molar-refractivity contribution in [1.29, 1.82) is 0 Å². The average Bonchev–Trinajstić information content (AvgIpc) is 3.80. The van der Waals surface area contributed by atoms with Gasteiger partial charge in [-0.1, -0.05) is 94.4 Å². The lowest BCUT2D eigenvalue weighted by Crippen LogP contribution is -2.16. The van der Waals surface area contributed by atoms with E-state index in [0.29, 0.717) is 0 Å². The molecule has 5 nitrogen and oxygen atoms in total. The van der Waals surface area contributed by atoms with Crippen molar-refractivity contribution in [2.45, 2.75) is 38.5 Å². The molecule has 11 rings (SSSR count). The van der Waals surface area contributed by atoms with Gasteiger partial charge >= 0.3 is 0 Å². The standard InChI is InChI=1S/C38H27N5/c1-37(2)24-13-8-6-11-22(24)30-25(37)17-19-26-32(30)41-28-14-9-15-29-34(28)43(35(41)39-26)36-40-27-18-16-21-20-10-5-7-12-23(20)38(3,4)31(21)33(27)42(29)36/h5-19H,1-4H3. The molecular weight excluding hydrogens is 526 g/mol. The first kappa shape index (κ1) is 22.4. The molecule has 4 heterocycles. The van der Waals surface area contributed by atoms with E-state index < -0.39 is 0 Å². The maximum Gasteiger partial charge on any atom is 0.223 e. The summed E-state index contributed by atoms with van der Waals surface area (Å²) in [6.07, 6.45) is 0. The van der Waals surface area contributed by atoms with Crippen LogP contribution in [0.15, 0.2) is 91.0 Å². The second-order valence-electron chi connectivity index (χ2n) is 13.5. The SMILES string of the molecule is CC1(C)c2ccccc2-c2c1ccc1nc3n(c4cccc5c4n3c3nc4ccc6c(c4n53)C(C)(C)c3ccccc3-6)c21. The summed E-state index contributed by atoms with van der Waals surface area (Å²) < 4.78 is 7.08. The molecule has 0 unspecified atom stereocenters. The highest BCUT2D eigenvalue weighted by atomic mass is 15.3. The summed E-state index contributed by atoms with van der Waals surface area (Å²) in [6.45, 7) is 9.39. The Kier molecular flexibility index (Phi) is 3.51. The van der Waals surface area contributed by atoms with Crippen LogP contribution < -0.4 is 0 Å². The Morgan fingerprint density at radius 1 is 0.465 bits per heavy atom. The number of imidazole rings is 4. The van der Waals surface area contributed by atoms with Gasteiger partial charge in [-0.05, 0) is 63.2 Å². The van der Waals surface area contributed by atoms with Crippen molar-refractivity contribution in [1.82, 2.24) is 23.2 Å². The molecule has 0 amide bonds. The quantitative estimate of drug-likeness (QED) is 0.188. The summed E-state index contributed by atoms with van der Waals surface area (Å²) in [5, 5.41) is 0. The van der Waals surface area contributed by atoms with Gasteiger partial charge in [-0.2, -0.15) is 0 Å². The highest BCUT2D eigenvalue weighted by molar-refractivity contribution is 6.08. The predicted molar refractivity (Wildman–Crippen MR) is 174 cm³/mol. The van der Waals surface area contributed by atoms with Crippen molar-refractivity contribution >= 4 is 50.2 Å². The summed E-state index contributed by atoms with van der Waals surface area (Å²) in [6, 6.07) is 33.4. The van der Waals surface area contributed by atoms with E-state index in [1.165, 1.54) is 72.1 Å². The van der Waals surface area contributed by atoms with Gasteiger partial charge in [0.25, 0.3) is 0 Å². The molecule has 5 aromatic carbocycles. The van der Waals surface area contributed by atoms with E-state index in [4.69, 9.17) is 9.97 Å². The van der Waals surface area contributed by atoms with Crippen LogP contribution in [0.2, 0.25) is 0 Å². The summed E-state index contributed by atoms with van der Waals surface area (Å²) in [7, 11) is 0. The molecule has 9 aromatic rings. The van der Waals surface area contributed by atoms with Crippen LogP contribution in [0, 0.1) is 0 Å². The molecule has 0 radical (unpaired) electrons. The number of nitrogens with zero attached hydrogens (tertiary/aromatic N) is 5. The van der Waals surface area contributed by atoms with Gasteiger partial charge in [-0.15, -0.1) is 0 Å². The van der Waals surface area contributed by atoms with E-state index in [0.717, 1.165) is 22.6 Å². The van der Waals surface area contributed by atoms with Crippen molar-refractivity contribution in [2.75, 3.05) is 0 Å². The molecule has 0 N–H and O–H groups in total. The van der Waals surface area contributed by atoms with Crippen molar-refractivity contribution in [3.8, 4) is 22.3 Å². The highest BCUT2D eigenvalue weighted by Gasteiger charge is 2.40. The molecule has 43 heavy (non-hydrogen) atoms. The average molecular weight is 554 g/mol. The molecule has 0 aliphatic heterocycles.